The Morgan fingerprint density at radius 1 is 1.40 bits per heavy atom. The van der Waals surface area contributed by atoms with E-state index in [-0.39, 0.29) is 5.92 Å². The molecule has 1 aromatic rings. The molecule has 0 amide bonds. The van der Waals surface area contributed by atoms with Crippen LogP contribution in [0, 0.1) is 5.92 Å². The molecule has 1 aliphatic rings. The van der Waals surface area contributed by atoms with Gasteiger partial charge >= 0.3 is 0 Å². The lowest BCUT2D eigenvalue weighted by molar-refractivity contribution is -0.123. The van der Waals surface area contributed by atoms with Gasteiger partial charge in [0.2, 0.25) is 0 Å². The number of benzene rings is 1. The molecule has 1 aliphatic heterocycles. The van der Waals surface area contributed by atoms with Gasteiger partial charge < -0.3 is 5.32 Å². The Balaban J connectivity index is 2.08. The van der Waals surface area contributed by atoms with E-state index in [0.29, 0.717) is 12.2 Å². The standard InChI is InChI=1S/C12H14ClNO/c13-11-4-2-1-3-9(11)7-10-8-14-6-5-12(10)15/h1-4,10,14H,5-8H2. The number of hydrogen-bond donors (Lipinski definition) is 1. The maximum absolute atomic E-state index is 11.6. The molecule has 1 unspecified atom stereocenters. The summed E-state index contributed by atoms with van der Waals surface area (Å²) < 4.78 is 0. The van der Waals surface area contributed by atoms with Crippen LogP contribution in [0.5, 0.6) is 0 Å². The Kier molecular flexibility index (Phi) is 3.39. The lowest BCUT2D eigenvalue weighted by Crippen LogP contribution is -2.37. The van der Waals surface area contributed by atoms with Gasteiger partial charge in [0, 0.05) is 30.5 Å². The van der Waals surface area contributed by atoms with Gasteiger partial charge in [0.1, 0.15) is 5.78 Å². The second kappa shape index (κ2) is 4.77. The molecule has 0 aliphatic carbocycles. The number of rotatable bonds is 2. The fourth-order valence-corrected chi connectivity index (χ4v) is 2.13. The summed E-state index contributed by atoms with van der Waals surface area (Å²) in [5.74, 6) is 0.451. The molecule has 1 fully saturated rings. The van der Waals surface area contributed by atoms with E-state index < -0.39 is 0 Å². The summed E-state index contributed by atoms with van der Waals surface area (Å²) in [5.41, 5.74) is 1.07. The van der Waals surface area contributed by atoms with E-state index in [1.165, 1.54) is 0 Å². The molecule has 3 heteroatoms. The minimum Gasteiger partial charge on any atom is -0.316 e. The van der Waals surface area contributed by atoms with Crippen molar-refractivity contribution in [2.45, 2.75) is 12.8 Å². The van der Waals surface area contributed by atoms with Crippen molar-refractivity contribution < 1.29 is 4.79 Å². The molecule has 15 heavy (non-hydrogen) atoms. The Bertz CT molecular complexity index is 364. The number of ketones is 1. The van der Waals surface area contributed by atoms with E-state index in [1.54, 1.807) is 0 Å². The summed E-state index contributed by atoms with van der Waals surface area (Å²) in [7, 11) is 0. The number of nitrogens with one attached hydrogen (secondary N) is 1. The molecule has 1 aromatic carbocycles. The van der Waals surface area contributed by atoms with Gasteiger partial charge in [-0.25, -0.2) is 0 Å². The van der Waals surface area contributed by atoms with Crippen LogP contribution in [0.25, 0.3) is 0 Å². The maximum atomic E-state index is 11.6. The number of Topliss-reactive ketones (excluding diaryl/α,β-unsaturated/α-hetero) is 1. The summed E-state index contributed by atoms with van der Waals surface area (Å²) in [6, 6.07) is 7.73. The zero-order valence-electron chi connectivity index (χ0n) is 8.50. The van der Waals surface area contributed by atoms with E-state index in [1.807, 2.05) is 24.3 Å². The highest BCUT2D eigenvalue weighted by Crippen LogP contribution is 2.20. The number of piperidine rings is 1. The Hall–Kier alpha value is -0.860. The number of halogens is 1. The Morgan fingerprint density at radius 3 is 2.93 bits per heavy atom. The highest BCUT2D eigenvalue weighted by molar-refractivity contribution is 6.31. The first-order valence-corrected chi connectivity index (χ1v) is 5.62. The molecule has 0 saturated carbocycles. The van der Waals surface area contributed by atoms with Crippen molar-refractivity contribution in [3.63, 3.8) is 0 Å². The Labute approximate surface area is 94.6 Å². The van der Waals surface area contributed by atoms with Crippen molar-refractivity contribution in [1.29, 1.82) is 0 Å². The average Bonchev–Trinajstić information content (AvgIpc) is 2.24. The lowest BCUT2D eigenvalue weighted by Gasteiger charge is -2.21. The smallest absolute Gasteiger partial charge is 0.138 e. The first-order chi connectivity index (χ1) is 7.27. The summed E-state index contributed by atoms with van der Waals surface area (Å²) in [5, 5.41) is 4.00. The van der Waals surface area contributed by atoms with Crippen molar-refractivity contribution >= 4 is 17.4 Å². The molecule has 1 N–H and O–H groups in total. The first-order valence-electron chi connectivity index (χ1n) is 5.24. The zero-order valence-corrected chi connectivity index (χ0v) is 9.26. The monoisotopic (exact) mass is 223 g/mol. The van der Waals surface area contributed by atoms with E-state index in [9.17, 15) is 4.79 Å². The van der Waals surface area contributed by atoms with Gasteiger partial charge in [-0.1, -0.05) is 29.8 Å². The van der Waals surface area contributed by atoms with E-state index in [0.717, 1.165) is 30.1 Å². The normalized spacial score (nSPS) is 21.7. The quantitative estimate of drug-likeness (QED) is 0.832. The van der Waals surface area contributed by atoms with Crippen molar-refractivity contribution in [1.82, 2.24) is 5.32 Å². The second-order valence-corrected chi connectivity index (χ2v) is 4.32. The molecule has 1 saturated heterocycles. The van der Waals surface area contributed by atoms with E-state index in [4.69, 9.17) is 11.6 Å². The molecular formula is C12H14ClNO. The predicted molar refractivity (Wildman–Crippen MR) is 61.1 cm³/mol. The van der Waals surface area contributed by atoms with Gasteiger partial charge in [0.15, 0.2) is 0 Å². The minimum absolute atomic E-state index is 0.0960. The number of hydrogen-bond acceptors (Lipinski definition) is 2. The van der Waals surface area contributed by atoms with Gasteiger partial charge in [-0.15, -0.1) is 0 Å². The van der Waals surface area contributed by atoms with Crippen LogP contribution < -0.4 is 5.32 Å². The summed E-state index contributed by atoms with van der Waals surface area (Å²) >= 11 is 6.06. The molecule has 2 rings (SSSR count). The second-order valence-electron chi connectivity index (χ2n) is 3.91. The fourth-order valence-electron chi connectivity index (χ4n) is 1.92. The van der Waals surface area contributed by atoms with Crippen molar-refractivity contribution in [3.05, 3.63) is 34.9 Å². The Morgan fingerprint density at radius 2 is 2.20 bits per heavy atom. The SMILES string of the molecule is O=C1CCNCC1Cc1ccccc1Cl. The fraction of sp³-hybridized carbons (Fsp3) is 0.417. The number of carbonyl (C=O) groups is 1. The van der Waals surface area contributed by atoms with Crippen LogP contribution in [-0.2, 0) is 11.2 Å². The van der Waals surface area contributed by atoms with E-state index in [2.05, 4.69) is 5.32 Å². The third-order valence-corrected chi connectivity index (χ3v) is 3.19. The van der Waals surface area contributed by atoms with Crippen LogP contribution in [0.4, 0.5) is 0 Å². The molecule has 0 aromatic heterocycles. The van der Waals surface area contributed by atoms with E-state index >= 15 is 0 Å². The van der Waals surface area contributed by atoms with Crippen LogP contribution in [0.15, 0.2) is 24.3 Å². The van der Waals surface area contributed by atoms with Crippen LogP contribution >= 0.6 is 11.6 Å². The van der Waals surface area contributed by atoms with Crippen LogP contribution in [-0.4, -0.2) is 18.9 Å². The first kappa shape index (κ1) is 10.7. The maximum Gasteiger partial charge on any atom is 0.138 e. The molecular weight excluding hydrogens is 210 g/mol. The van der Waals surface area contributed by atoms with Crippen molar-refractivity contribution in [2.24, 2.45) is 5.92 Å². The lowest BCUT2D eigenvalue weighted by atomic mass is 9.91. The highest BCUT2D eigenvalue weighted by Gasteiger charge is 2.22. The molecule has 1 atom stereocenters. The molecule has 1 heterocycles. The third kappa shape index (κ3) is 2.58. The molecule has 80 valence electrons. The van der Waals surface area contributed by atoms with Crippen LogP contribution in [0.3, 0.4) is 0 Å². The summed E-state index contributed by atoms with van der Waals surface area (Å²) in [4.78, 5) is 11.6. The predicted octanol–water partition coefficient (Wildman–Crippen LogP) is 2.06. The zero-order chi connectivity index (χ0) is 10.7. The molecule has 0 bridgehead atoms. The van der Waals surface area contributed by atoms with Gasteiger partial charge in [-0.2, -0.15) is 0 Å². The van der Waals surface area contributed by atoms with Crippen molar-refractivity contribution in [3.8, 4) is 0 Å². The largest absolute Gasteiger partial charge is 0.316 e. The summed E-state index contributed by atoms with van der Waals surface area (Å²) in [6.45, 7) is 1.60. The topological polar surface area (TPSA) is 29.1 Å². The molecule has 2 nitrogen and oxygen atoms in total. The van der Waals surface area contributed by atoms with Gasteiger partial charge in [-0.05, 0) is 18.1 Å². The third-order valence-electron chi connectivity index (χ3n) is 2.82. The molecule has 0 radical (unpaired) electrons. The van der Waals surface area contributed by atoms with Gasteiger partial charge in [-0.3, -0.25) is 4.79 Å². The molecule has 0 spiro atoms. The minimum atomic E-state index is 0.0960. The highest BCUT2D eigenvalue weighted by atomic mass is 35.5. The van der Waals surface area contributed by atoms with Crippen molar-refractivity contribution in [2.75, 3.05) is 13.1 Å². The van der Waals surface area contributed by atoms with Gasteiger partial charge in [0.25, 0.3) is 0 Å². The van der Waals surface area contributed by atoms with Crippen LogP contribution in [0.1, 0.15) is 12.0 Å². The summed E-state index contributed by atoms with van der Waals surface area (Å²) in [6.07, 6.45) is 1.40. The average molecular weight is 224 g/mol. The number of carbonyl (C=O) groups excluding carboxylic acids is 1. The van der Waals surface area contributed by atoms with Crippen LogP contribution in [0.2, 0.25) is 5.02 Å². The van der Waals surface area contributed by atoms with Gasteiger partial charge in [0.05, 0.1) is 0 Å².